The van der Waals surface area contributed by atoms with Gasteiger partial charge in [0.15, 0.2) is 0 Å². The Kier molecular flexibility index (Phi) is 6.92. The van der Waals surface area contributed by atoms with Crippen LogP contribution in [0.5, 0.6) is 0 Å². The fraction of sp³-hybridized carbons (Fsp3) is 0.409. The van der Waals surface area contributed by atoms with E-state index < -0.39 is 12.8 Å². The molecular formula is C22H25F3N2O2. The van der Waals surface area contributed by atoms with Gasteiger partial charge in [0.25, 0.3) is 5.91 Å². The fourth-order valence-corrected chi connectivity index (χ4v) is 3.35. The molecule has 1 fully saturated rings. The molecule has 1 amide bonds. The van der Waals surface area contributed by atoms with E-state index in [1.54, 1.807) is 24.3 Å². The van der Waals surface area contributed by atoms with Crippen LogP contribution in [-0.2, 0) is 17.9 Å². The van der Waals surface area contributed by atoms with E-state index in [-0.39, 0.29) is 12.5 Å². The molecule has 3 rings (SSSR count). The zero-order valence-corrected chi connectivity index (χ0v) is 16.4. The summed E-state index contributed by atoms with van der Waals surface area (Å²) in [5.74, 6) is -0.0525. The van der Waals surface area contributed by atoms with E-state index in [0.29, 0.717) is 24.2 Å². The standard InChI is InChI=1S/C22H25F3N2O2/c1-17-4-2-3-5-20(17)14-26-10-12-27(13-11-26)21(28)19-8-6-18(7-9-19)15-29-16-22(23,24)25/h2-9H,10-16H2,1H3. The Bertz CT molecular complexity index is 814. The lowest BCUT2D eigenvalue weighted by Gasteiger charge is -2.35. The lowest BCUT2D eigenvalue weighted by Crippen LogP contribution is -2.48. The molecule has 1 aliphatic heterocycles. The number of ether oxygens (including phenoxy) is 1. The zero-order valence-electron chi connectivity index (χ0n) is 16.4. The van der Waals surface area contributed by atoms with Gasteiger partial charge in [-0.25, -0.2) is 0 Å². The van der Waals surface area contributed by atoms with Crippen LogP contribution in [0.25, 0.3) is 0 Å². The Hall–Kier alpha value is -2.38. The molecule has 156 valence electrons. The largest absolute Gasteiger partial charge is 0.411 e. The summed E-state index contributed by atoms with van der Waals surface area (Å²) >= 11 is 0. The molecule has 1 heterocycles. The van der Waals surface area contributed by atoms with E-state index in [2.05, 4.69) is 28.7 Å². The van der Waals surface area contributed by atoms with Crippen LogP contribution in [0.3, 0.4) is 0 Å². The second kappa shape index (κ2) is 9.41. The van der Waals surface area contributed by atoms with Crippen molar-refractivity contribution in [3.05, 3.63) is 70.8 Å². The van der Waals surface area contributed by atoms with Crippen LogP contribution in [-0.4, -0.2) is 54.7 Å². The Balaban J connectivity index is 1.48. The van der Waals surface area contributed by atoms with E-state index >= 15 is 0 Å². The minimum Gasteiger partial charge on any atom is -0.367 e. The molecule has 2 aromatic rings. The van der Waals surface area contributed by atoms with E-state index in [0.717, 1.165) is 19.6 Å². The highest BCUT2D eigenvalue weighted by atomic mass is 19.4. The molecule has 1 aliphatic rings. The summed E-state index contributed by atoms with van der Waals surface area (Å²) in [6.07, 6.45) is -4.34. The number of rotatable bonds is 6. The first kappa shape index (κ1) is 21.3. The van der Waals surface area contributed by atoms with Crippen molar-refractivity contribution in [1.82, 2.24) is 9.80 Å². The van der Waals surface area contributed by atoms with Crippen LogP contribution in [0, 0.1) is 6.92 Å². The molecule has 0 aliphatic carbocycles. The first-order valence-corrected chi connectivity index (χ1v) is 9.61. The summed E-state index contributed by atoms with van der Waals surface area (Å²) in [7, 11) is 0. The number of benzene rings is 2. The number of amides is 1. The second-order valence-corrected chi connectivity index (χ2v) is 7.30. The van der Waals surface area contributed by atoms with Crippen LogP contribution in [0.4, 0.5) is 13.2 Å². The van der Waals surface area contributed by atoms with Crippen molar-refractivity contribution in [2.75, 3.05) is 32.8 Å². The lowest BCUT2D eigenvalue weighted by molar-refractivity contribution is -0.176. The number of piperazine rings is 1. The van der Waals surface area contributed by atoms with Gasteiger partial charge in [0, 0.05) is 38.3 Å². The quantitative estimate of drug-likeness (QED) is 0.726. The molecule has 0 saturated carbocycles. The molecule has 2 aromatic carbocycles. The molecule has 1 saturated heterocycles. The highest BCUT2D eigenvalue weighted by Crippen LogP contribution is 2.17. The van der Waals surface area contributed by atoms with Gasteiger partial charge in [0.2, 0.25) is 0 Å². The van der Waals surface area contributed by atoms with Crippen molar-refractivity contribution < 1.29 is 22.7 Å². The molecular weight excluding hydrogens is 381 g/mol. The van der Waals surface area contributed by atoms with Crippen LogP contribution < -0.4 is 0 Å². The maximum absolute atomic E-state index is 12.7. The summed E-state index contributed by atoms with van der Waals surface area (Å²) in [6, 6.07) is 14.9. The summed E-state index contributed by atoms with van der Waals surface area (Å²) < 4.78 is 41.0. The van der Waals surface area contributed by atoms with Crippen LogP contribution in [0.15, 0.2) is 48.5 Å². The molecule has 0 unspecified atom stereocenters. The summed E-state index contributed by atoms with van der Waals surface area (Å²) in [4.78, 5) is 16.9. The van der Waals surface area contributed by atoms with E-state index in [1.165, 1.54) is 11.1 Å². The Labute approximate surface area is 168 Å². The van der Waals surface area contributed by atoms with Gasteiger partial charge in [-0.3, -0.25) is 9.69 Å². The van der Waals surface area contributed by atoms with Crippen molar-refractivity contribution in [1.29, 1.82) is 0 Å². The number of hydrogen-bond donors (Lipinski definition) is 0. The van der Waals surface area contributed by atoms with Gasteiger partial charge in [-0.1, -0.05) is 36.4 Å². The monoisotopic (exact) mass is 406 g/mol. The minimum absolute atomic E-state index is 0.0525. The lowest BCUT2D eigenvalue weighted by atomic mass is 10.1. The third-order valence-electron chi connectivity index (χ3n) is 5.05. The van der Waals surface area contributed by atoms with Crippen molar-refractivity contribution >= 4 is 5.91 Å². The molecule has 0 radical (unpaired) electrons. The highest BCUT2D eigenvalue weighted by molar-refractivity contribution is 5.94. The molecule has 4 nitrogen and oxygen atoms in total. The Morgan fingerprint density at radius 3 is 2.28 bits per heavy atom. The van der Waals surface area contributed by atoms with Crippen molar-refractivity contribution in [3.63, 3.8) is 0 Å². The number of carbonyl (C=O) groups is 1. The van der Waals surface area contributed by atoms with E-state index in [1.807, 2.05) is 17.0 Å². The van der Waals surface area contributed by atoms with Crippen molar-refractivity contribution in [2.24, 2.45) is 0 Å². The molecule has 0 bridgehead atoms. The molecule has 7 heteroatoms. The number of aryl methyl sites for hydroxylation is 1. The van der Waals surface area contributed by atoms with Gasteiger partial charge in [-0.05, 0) is 35.7 Å². The number of nitrogens with zero attached hydrogens (tertiary/aromatic N) is 2. The normalized spacial score (nSPS) is 15.5. The topological polar surface area (TPSA) is 32.8 Å². The molecule has 0 N–H and O–H groups in total. The fourth-order valence-electron chi connectivity index (χ4n) is 3.35. The first-order chi connectivity index (χ1) is 13.8. The maximum atomic E-state index is 12.7. The number of halogens is 3. The average molecular weight is 406 g/mol. The molecule has 0 spiro atoms. The van der Waals surface area contributed by atoms with E-state index in [9.17, 15) is 18.0 Å². The zero-order chi connectivity index (χ0) is 20.9. The number of carbonyl (C=O) groups excluding carboxylic acids is 1. The van der Waals surface area contributed by atoms with Crippen LogP contribution in [0.1, 0.15) is 27.0 Å². The Morgan fingerprint density at radius 2 is 1.66 bits per heavy atom. The molecule has 0 aromatic heterocycles. The third kappa shape index (κ3) is 6.30. The van der Waals surface area contributed by atoms with Crippen molar-refractivity contribution in [2.45, 2.75) is 26.3 Å². The third-order valence-corrected chi connectivity index (χ3v) is 5.05. The number of hydrogen-bond acceptors (Lipinski definition) is 3. The average Bonchev–Trinajstić information content (AvgIpc) is 2.69. The van der Waals surface area contributed by atoms with Gasteiger partial charge in [-0.15, -0.1) is 0 Å². The van der Waals surface area contributed by atoms with Gasteiger partial charge >= 0.3 is 6.18 Å². The summed E-state index contributed by atoms with van der Waals surface area (Å²) in [6.45, 7) is 4.50. The summed E-state index contributed by atoms with van der Waals surface area (Å²) in [5.41, 5.74) is 3.71. The molecule has 0 atom stereocenters. The van der Waals surface area contributed by atoms with E-state index in [4.69, 9.17) is 0 Å². The summed E-state index contributed by atoms with van der Waals surface area (Å²) in [5, 5.41) is 0. The van der Waals surface area contributed by atoms with Gasteiger partial charge in [0.1, 0.15) is 6.61 Å². The SMILES string of the molecule is Cc1ccccc1CN1CCN(C(=O)c2ccc(COCC(F)(F)F)cc2)CC1. The first-order valence-electron chi connectivity index (χ1n) is 9.61. The second-order valence-electron chi connectivity index (χ2n) is 7.30. The Morgan fingerprint density at radius 1 is 1.00 bits per heavy atom. The predicted octanol–water partition coefficient (Wildman–Crippen LogP) is 4.03. The van der Waals surface area contributed by atoms with Crippen molar-refractivity contribution in [3.8, 4) is 0 Å². The smallest absolute Gasteiger partial charge is 0.367 e. The van der Waals surface area contributed by atoms with Gasteiger partial charge in [0.05, 0.1) is 6.61 Å². The van der Waals surface area contributed by atoms with Gasteiger partial charge < -0.3 is 9.64 Å². The van der Waals surface area contributed by atoms with Crippen LogP contribution in [0.2, 0.25) is 0 Å². The highest BCUT2D eigenvalue weighted by Gasteiger charge is 2.27. The molecule has 29 heavy (non-hydrogen) atoms. The minimum atomic E-state index is -4.34. The maximum Gasteiger partial charge on any atom is 0.411 e. The van der Waals surface area contributed by atoms with Gasteiger partial charge in [-0.2, -0.15) is 13.2 Å². The van der Waals surface area contributed by atoms with Crippen LogP contribution >= 0.6 is 0 Å². The predicted molar refractivity (Wildman–Crippen MR) is 105 cm³/mol. The number of alkyl halides is 3.